The first-order chi connectivity index (χ1) is 10.2. The molecule has 0 aliphatic heterocycles. The van der Waals surface area contributed by atoms with Crippen molar-refractivity contribution < 1.29 is 14.9 Å². The van der Waals surface area contributed by atoms with Crippen molar-refractivity contribution in [2.75, 3.05) is 13.2 Å². The molecule has 2 unspecified atom stereocenters. The van der Waals surface area contributed by atoms with Gasteiger partial charge < -0.3 is 14.9 Å². The Bertz CT molecular complexity index is 217. The van der Waals surface area contributed by atoms with Crippen LogP contribution in [0.1, 0.15) is 64.2 Å². The minimum Gasteiger partial charge on any atom is -0.393 e. The molecule has 0 radical (unpaired) electrons. The normalized spacial score (nSPS) is 13.8. The second-order valence-electron chi connectivity index (χ2n) is 5.67. The molecule has 0 aromatic rings. The minimum atomic E-state index is -0.222. The van der Waals surface area contributed by atoms with E-state index in [1.54, 1.807) is 12.2 Å². The monoisotopic (exact) mass is 298 g/mol. The molecule has 0 amide bonds. The molecule has 124 valence electrons. The second-order valence-corrected chi connectivity index (χ2v) is 5.67. The lowest BCUT2D eigenvalue weighted by molar-refractivity contribution is 0.120. The van der Waals surface area contributed by atoms with Crippen LogP contribution in [0.25, 0.3) is 0 Å². The Balaban J connectivity index is 3.12. The highest BCUT2D eigenvalue weighted by Crippen LogP contribution is 2.08. The van der Waals surface area contributed by atoms with Crippen LogP contribution >= 0.6 is 0 Å². The zero-order valence-corrected chi connectivity index (χ0v) is 13.5. The number of hydrogen-bond donors (Lipinski definition) is 2. The Morgan fingerprint density at radius 3 is 1.52 bits per heavy atom. The van der Waals surface area contributed by atoms with Gasteiger partial charge in [0.1, 0.15) is 0 Å². The van der Waals surface area contributed by atoms with Crippen molar-refractivity contribution >= 4 is 0 Å². The lowest BCUT2D eigenvalue weighted by atomic mass is 10.1. The van der Waals surface area contributed by atoms with E-state index in [9.17, 15) is 10.2 Å². The lowest BCUT2D eigenvalue weighted by Gasteiger charge is -2.08. The van der Waals surface area contributed by atoms with Gasteiger partial charge in [-0.15, -0.1) is 13.2 Å². The highest BCUT2D eigenvalue weighted by atomic mass is 16.5. The zero-order valence-electron chi connectivity index (χ0n) is 13.5. The molecule has 0 aliphatic rings. The number of aliphatic hydroxyl groups excluding tert-OH is 2. The first-order valence-corrected chi connectivity index (χ1v) is 8.36. The molecule has 0 saturated heterocycles. The fraction of sp³-hybridized carbons (Fsp3) is 0.778. The number of ether oxygens (including phenoxy) is 1. The summed E-state index contributed by atoms with van der Waals surface area (Å²) < 4.78 is 5.59. The molecule has 0 aromatic heterocycles. The highest BCUT2D eigenvalue weighted by Gasteiger charge is 2.01. The molecule has 0 fully saturated rings. The van der Waals surface area contributed by atoms with Gasteiger partial charge in [-0.05, 0) is 38.5 Å². The lowest BCUT2D eigenvalue weighted by Crippen LogP contribution is -2.05. The quantitative estimate of drug-likeness (QED) is 0.334. The van der Waals surface area contributed by atoms with E-state index in [4.69, 9.17) is 4.74 Å². The molecular weight excluding hydrogens is 264 g/mol. The Hall–Kier alpha value is -0.640. The van der Waals surface area contributed by atoms with E-state index >= 15 is 0 Å². The fourth-order valence-corrected chi connectivity index (χ4v) is 2.24. The van der Waals surface area contributed by atoms with Gasteiger partial charge in [-0.2, -0.15) is 0 Å². The van der Waals surface area contributed by atoms with Gasteiger partial charge in [-0.25, -0.2) is 0 Å². The van der Waals surface area contributed by atoms with Gasteiger partial charge in [0.05, 0.1) is 12.2 Å². The number of hydrogen-bond acceptors (Lipinski definition) is 3. The summed E-state index contributed by atoms with van der Waals surface area (Å²) in [5, 5.41) is 19.0. The molecule has 3 heteroatoms. The number of aliphatic hydroxyl groups is 2. The Labute approximate surface area is 130 Å². The van der Waals surface area contributed by atoms with Gasteiger partial charge in [0.25, 0.3) is 0 Å². The highest BCUT2D eigenvalue weighted by molar-refractivity contribution is 4.72. The van der Waals surface area contributed by atoms with Crippen LogP contribution in [0.15, 0.2) is 25.3 Å². The van der Waals surface area contributed by atoms with E-state index in [0.717, 1.165) is 64.6 Å². The molecule has 0 saturated carbocycles. The van der Waals surface area contributed by atoms with Crippen LogP contribution in [0, 0.1) is 0 Å². The topological polar surface area (TPSA) is 49.7 Å². The summed E-state index contributed by atoms with van der Waals surface area (Å²) >= 11 is 0. The summed E-state index contributed by atoms with van der Waals surface area (Å²) in [5.41, 5.74) is 0. The molecular formula is C18H34O3. The van der Waals surface area contributed by atoms with Gasteiger partial charge in [0.2, 0.25) is 0 Å². The van der Waals surface area contributed by atoms with Crippen molar-refractivity contribution in [3.8, 4) is 0 Å². The van der Waals surface area contributed by atoms with Crippen LogP contribution in [0.4, 0.5) is 0 Å². The standard InChI is InChI=1S/C18H34O3/c1-3-11-17(19)13-7-5-9-15-21-16-10-6-8-14-18(20)12-4-2/h3-4,17-20H,1-2,5-16H2. The van der Waals surface area contributed by atoms with Crippen molar-refractivity contribution in [1.29, 1.82) is 0 Å². The Kier molecular flexibility index (Phi) is 15.3. The van der Waals surface area contributed by atoms with E-state index in [-0.39, 0.29) is 12.2 Å². The summed E-state index contributed by atoms with van der Waals surface area (Å²) in [6.45, 7) is 8.87. The largest absolute Gasteiger partial charge is 0.393 e. The average Bonchev–Trinajstić information content (AvgIpc) is 2.45. The third-order valence-electron chi connectivity index (χ3n) is 3.53. The minimum absolute atomic E-state index is 0.222. The van der Waals surface area contributed by atoms with Crippen LogP contribution in [0.2, 0.25) is 0 Å². The van der Waals surface area contributed by atoms with E-state index in [0.29, 0.717) is 12.8 Å². The molecule has 2 atom stereocenters. The van der Waals surface area contributed by atoms with Crippen molar-refractivity contribution in [1.82, 2.24) is 0 Å². The molecule has 3 nitrogen and oxygen atoms in total. The summed E-state index contributed by atoms with van der Waals surface area (Å²) in [5.74, 6) is 0. The Morgan fingerprint density at radius 2 is 1.14 bits per heavy atom. The number of unbranched alkanes of at least 4 members (excludes halogenated alkanes) is 4. The van der Waals surface area contributed by atoms with E-state index in [1.165, 1.54) is 0 Å². The van der Waals surface area contributed by atoms with Crippen molar-refractivity contribution in [3.05, 3.63) is 25.3 Å². The molecule has 0 heterocycles. The maximum absolute atomic E-state index is 9.52. The van der Waals surface area contributed by atoms with Crippen molar-refractivity contribution in [2.45, 2.75) is 76.4 Å². The second kappa shape index (κ2) is 15.7. The first kappa shape index (κ1) is 20.4. The third-order valence-corrected chi connectivity index (χ3v) is 3.53. The Morgan fingerprint density at radius 1 is 0.714 bits per heavy atom. The summed E-state index contributed by atoms with van der Waals surface area (Å²) in [7, 11) is 0. The molecule has 21 heavy (non-hydrogen) atoms. The predicted molar refractivity (Wildman–Crippen MR) is 89.4 cm³/mol. The van der Waals surface area contributed by atoms with Crippen LogP contribution in [-0.2, 0) is 4.74 Å². The van der Waals surface area contributed by atoms with Crippen molar-refractivity contribution in [2.24, 2.45) is 0 Å². The summed E-state index contributed by atoms with van der Waals surface area (Å²) in [4.78, 5) is 0. The molecule has 0 aliphatic carbocycles. The molecule has 2 N–H and O–H groups in total. The van der Waals surface area contributed by atoms with Gasteiger partial charge >= 0.3 is 0 Å². The molecule has 0 bridgehead atoms. The molecule has 0 spiro atoms. The van der Waals surface area contributed by atoms with Crippen LogP contribution in [0.3, 0.4) is 0 Å². The van der Waals surface area contributed by atoms with Gasteiger partial charge in [-0.1, -0.05) is 37.8 Å². The first-order valence-electron chi connectivity index (χ1n) is 8.36. The van der Waals surface area contributed by atoms with E-state index in [2.05, 4.69) is 13.2 Å². The molecule has 0 rings (SSSR count). The van der Waals surface area contributed by atoms with Crippen LogP contribution in [-0.4, -0.2) is 35.6 Å². The van der Waals surface area contributed by atoms with Crippen LogP contribution < -0.4 is 0 Å². The van der Waals surface area contributed by atoms with Gasteiger partial charge in [0, 0.05) is 13.2 Å². The summed E-state index contributed by atoms with van der Waals surface area (Å²) in [6, 6.07) is 0. The average molecular weight is 298 g/mol. The zero-order chi connectivity index (χ0) is 15.8. The molecule has 0 aromatic carbocycles. The predicted octanol–water partition coefficient (Wildman–Crippen LogP) is 4.00. The van der Waals surface area contributed by atoms with Crippen molar-refractivity contribution in [3.63, 3.8) is 0 Å². The maximum atomic E-state index is 9.52. The van der Waals surface area contributed by atoms with E-state index < -0.39 is 0 Å². The number of rotatable bonds is 16. The smallest absolute Gasteiger partial charge is 0.0574 e. The SMILES string of the molecule is C=CCC(O)CCCCCOCCCCCC(O)CC=C. The van der Waals surface area contributed by atoms with Gasteiger partial charge in [-0.3, -0.25) is 0 Å². The van der Waals surface area contributed by atoms with E-state index in [1.807, 2.05) is 0 Å². The fourth-order valence-electron chi connectivity index (χ4n) is 2.24. The maximum Gasteiger partial charge on any atom is 0.0574 e. The summed E-state index contributed by atoms with van der Waals surface area (Å²) in [6.07, 6.45) is 12.7. The third kappa shape index (κ3) is 15.6. The van der Waals surface area contributed by atoms with Crippen LogP contribution in [0.5, 0.6) is 0 Å². The van der Waals surface area contributed by atoms with Gasteiger partial charge in [0.15, 0.2) is 0 Å².